The average Bonchev–Trinajstić information content (AvgIpc) is 2.87. The first-order chi connectivity index (χ1) is 18.0. The van der Waals surface area contributed by atoms with Crippen LogP contribution in [0.15, 0.2) is 42.5 Å². The van der Waals surface area contributed by atoms with Crippen molar-refractivity contribution < 1.29 is 32.9 Å². The van der Waals surface area contributed by atoms with Gasteiger partial charge in [0.25, 0.3) is 5.91 Å². The van der Waals surface area contributed by atoms with Gasteiger partial charge in [0.15, 0.2) is 17.9 Å². The van der Waals surface area contributed by atoms with E-state index in [0.717, 1.165) is 6.07 Å². The summed E-state index contributed by atoms with van der Waals surface area (Å²) < 4.78 is 36.6. The first kappa shape index (κ1) is 27.4. The third kappa shape index (κ3) is 6.23. The first-order valence-corrected chi connectivity index (χ1v) is 12.4. The van der Waals surface area contributed by atoms with E-state index in [2.05, 4.69) is 6.07 Å². The zero-order chi connectivity index (χ0) is 27.5. The van der Waals surface area contributed by atoms with E-state index in [-0.39, 0.29) is 29.4 Å². The Hall–Kier alpha value is -3.68. The highest BCUT2D eigenvalue weighted by molar-refractivity contribution is 6.06. The molecule has 0 N–H and O–H groups in total. The molecule has 10 heteroatoms. The number of amides is 2. The fourth-order valence-corrected chi connectivity index (χ4v) is 4.45. The first-order valence-electron chi connectivity index (χ1n) is 12.4. The van der Waals surface area contributed by atoms with Gasteiger partial charge in [-0.2, -0.15) is 5.26 Å². The minimum absolute atomic E-state index is 0.0469. The number of carbonyl (C=O) groups is 2. The summed E-state index contributed by atoms with van der Waals surface area (Å²) in [5.74, 6) is -0.996. The van der Waals surface area contributed by atoms with Crippen molar-refractivity contribution in [2.24, 2.45) is 5.41 Å². The van der Waals surface area contributed by atoms with Gasteiger partial charge in [0, 0.05) is 37.3 Å². The zero-order valence-corrected chi connectivity index (χ0v) is 22.0. The smallest absolute Gasteiger partial charge is 0.410 e. The molecule has 1 spiro atoms. The Labute approximate surface area is 221 Å². The monoisotopic (exact) mass is 525 g/mol. The lowest BCUT2D eigenvalue weighted by Crippen LogP contribution is -2.65. The highest BCUT2D eigenvalue weighted by Gasteiger charge is 2.49. The van der Waals surface area contributed by atoms with Gasteiger partial charge in [-0.3, -0.25) is 4.79 Å². The molecule has 2 aromatic rings. The van der Waals surface area contributed by atoms with E-state index < -0.39 is 23.6 Å². The molecular formula is C28H32FN3O6. The van der Waals surface area contributed by atoms with Crippen molar-refractivity contribution in [2.45, 2.75) is 39.1 Å². The van der Waals surface area contributed by atoms with Crippen molar-refractivity contribution in [3.8, 4) is 11.8 Å². The Bertz CT molecular complexity index is 1200. The molecular weight excluding hydrogens is 493 g/mol. The molecule has 0 atom stereocenters. The van der Waals surface area contributed by atoms with E-state index >= 15 is 0 Å². The number of hydrogen-bond acceptors (Lipinski definition) is 7. The topological polar surface area (TPSA) is 101 Å². The van der Waals surface area contributed by atoms with Gasteiger partial charge in [-0.05, 0) is 63.2 Å². The van der Waals surface area contributed by atoms with E-state index in [0.29, 0.717) is 44.0 Å². The van der Waals surface area contributed by atoms with Crippen LogP contribution in [0, 0.1) is 22.6 Å². The van der Waals surface area contributed by atoms with Crippen LogP contribution in [0.3, 0.4) is 0 Å². The maximum Gasteiger partial charge on any atom is 0.410 e. The molecule has 2 heterocycles. The largest absolute Gasteiger partial charge is 0.494 e. The van der Waals surface area contributed by atoms with E-state index in [4.69, 9.17) is 24.2 Å². The molecule has 9 nitrogen and oxygen atoms in total. The third-order valence-electron chi connectivity index (χ3n) is 6.40. The van der Waals surface area contributed by atoms with Gasteiger partial charge in [0.1, 0.15) is 5.60 Å². The molecule has 0 bridgehead atoms. The number of nitrogens with zero attached hydrogens (tertiary/aromatic N) is 3. The van der Waals surface area contributed by atoms with Crippen molar-refractivity contribution in [2.75, 3.05) is 44.9 Å². The van der Waals surface area contributed by atoms with Crippen LogP contribution in [0.5, 0.6) is 5.75 Å². The van der Waals surface area contributed by atoms with Gasteiger partial charge in [-0.1, -0.05) is 0 Å². The second-order valence-corrected chi connectivity index (χ2v) is 10.6. The van der Waals surface area contributed by atoms with Crippen LogP contribution in [0.1, 0.15) is 43.1 Å². The molecule has 202 valence electrons. The van der Waals surface area contributed by atoms with Crippen LogP contribution < -0.4 is 9.64 Å². The standard InChI is InChI=1S/C28H32FN3O6/c1-27(2,3)38-26(34)31-15-28(16-31)17-36-24(37-18-28)11-12-32(21-8-5-19(14-30)6-9-21)25(33)20-7-10-23(35-4)22(29)13-20/h5-10,13,24H,11-12,15-18H2,1-4H3. The predicted octanol–water partition coefficient (Wildman–Crippen LogP) is 4.35. The van der Waals surface area contributed by atoms with Gasteiger partial charge in [-0.15, -0.1) is 0 Å². The van der Waals surface area contributed by atoms with Crippen LogP contribution in [-0.4, -0.2) is 68.7 Å². The molecule has 0 aliphatic carbocycles. The van der Waals surface area contributed by atoms with Crippen molar-refractivity contribution in [3.05, 3.63) is 59.4 Å². The summed E-state index contributed by atoms with van der Waals surface area (Å²) in [6.45, 7) is 7.55. The molecule has 2 fully saturated rings. The maximum atomic E-state index is 14.3. The van der Waals surface area contributed by atoms with Crippen LogP contribution in [0.2, 0.25) is 0 Å². The van der Waals surface area contributed by atoms with Gasteiger partial charge in [0.2, 0.25) is 0 Å². The Kier molecular flexibility index (Phi) is 7.90. The molecule has 0 aromatic heterocycles. The van der Waals surface area contributed by atoms with Crippen LogP contribution in [0.25, 0.3) is 0 Å². The Morgan fingerprint density at radius 3 is 2.37 bits per heavy atom. The SMILES string of the molecule is COc1ccc(C(=O)N(CCC2OCC3(CO2)CN(C(=O)OC(C)(C)C)C3)c2ccc(C#N)cc2)cc1F. The summed E-state index contributed by atoms with van der Waals surface area (Å²) in [4.78, 5) is 28.8. The molecule has 2 saturated heterocycles. The lowest BCUT2D eigenvalue weighted by atomic mass is 9.81. The Morgan fingerprint density at radius 2 is 1.82 bits per heavy atom. The van der Waals surface area contributed by atoms with E-state index in [1.807, 2.05) is 20.8 Å². The molecule has 0 radical (unpaired) electrons. The van der Waals surface area contributed by atoms with E-state index in [9.17, 15) is 14.0 Å². The van der Waals surface area contributed by atoms with E-state index in [1.165, 1.54) is 24.1 Å². The van der Waals surface area contributed by atoms with Crippen molar-refractivity contribution >= 4 is 17.7 Å². The fraction of sp³-hybridized carbons (Fsp3) is 0.464. The van der Waals surface area contributed by atoms with Crippen LogP contribution in [-0.2, 0) is 14.2 Å². The van der Waals surface area contributed by atoms with Crippen LogP contribution >= 0.6 is 0 Å². The summed E-state index contributed by atoms with van der Waals surface area (Å²) in [5.41, 5.74) is 0.358. The van der Waals surface area contributed by atoms with Gasteiger partial charge < -0.3 is 28.7 Å². The van der Waals surface area contributed by atoms with Crippen molar-refractivity contribution in [1.82, 2.24) is 4.90 Å². The molecule has 4 rings (SSSR count). The molecule has 2 amide bonds. The molecule has 38 heavy (non-hydrogen) atoms. The normalized spacial score (nSPS) is 16.9. The number of halogens is 1. The van der Waals surface area contributed by atoms with E-state index in [1.54, 1.807) is 29.2 Å². The summed E-state index contributed by atoms with van der Waals surface area (Å²) in [6.07, 6.45) is -0.523. The van der Waals surface area contributed by atoms with Crippen LogP contribution in [0.4, 0.5) is 14.9 Å². The number of benzene rings is 2. The number of carbonyl (C=O) groups excluding carboxylic acids is 2. The van der Waals surface area contributed by atoms with Crippen molar-refractivity contribution in [1.29, 1.82) is 5.26 Å². The average molecular weight is 526 g/mol. The summed E-state index contributed by atoms with van der Waals surface area (Å²) in [6, 6.07) is 12.7. The maximum absolute atomic E-state index is 14.3. The summed E-state index contributed by atoms with van der Waals surface area (Å²) in [5, 5.41) is 9.13. The number of likely N-dealkylation sites (tertiary alicyclic amines) is 1. The molecule has 0 saturated carbocycles. The molecule has 2 aliphatic heterocycles. The summed E-state index contributed by atoms with van der Waals surface area (Å²) in [7, 11) is 1.36. The Balaban J connectivity index is 1.38. The van der Waals surface area contributed by atoms with Gasteiger partial charge in [0.05, 0.1) is 37.4 Å². The zero-order valence-electron chi connectivity index (χ0n) is 22.0. The number of hydrogen-bond donors (Lipinski definition) is 0. The molecule has 2 aromatic carbocycles. The minimum atomic E-state index is -0.636. The Morgan fingerprint density at radius 1 is 1.16 bits per heavy atom. The van der Waals surface area contributed by atoms with Crippen molar-refractivity contribution in [3.63, 3.8) is 0 Å². The highest BCUT2D eigenvalue weighted by Crippen LogP contribution is 2.36. The molecule has 2 aliphatic rings. The number of ether oxygens (including phenoxy) is 4. The number of anilines is 1. The lowest BCUT2D eigenvalue weighted by molar-refractivity contribution is -0.254. The predicted molar refractivity (Wildman–Crippen MR) is 136 cm³/mol. The molecule has 0 unspecified atom stereocenters. The van der Waals surface area contributed by atoms with Gasteiger partial charge >= 0.3 is 6.09 Å². The second kappa shape index (κ2) is 11.0. The lowest BCUT2D eigenvalue weighted by Gasteiger charge is -2.52. The number of methoxy groups -OCH3 is 1. The third-order valence-corrected chi connectivity index (χ3v) is 6.40. The number of nitriles is 1. The minimum Gasteiger partial charge on any atom is -0.494 e. The highest BCUT2D eigenvalue weighted by atomic mass is 19.1. The second-order valence-electron chi connectivity index (χ2n) is 10.6. The quantitative estimate of drug-likeness (QED) is 0.553. The fourth-order valence-electron chi connectivity index (χ4n) is 4.45. The number of rotatable bonds is 6. The summed E-state index contributed by atoms with van der Waals surface area (Å²) >= 11 is 0. The van der Waals surface area contributed by atoms with Gasteiger partial charge in [-0.25, -0.2) is 9.18 Å².